The molecule has 5 nitrogen and oxygen atoms in total. The van der Waals surface area contributed by atoms with Crippen LogP contribution in [0.4, 0.5) is 11.6 Å². The van der Waals surface area contributed by atoms with E-state index < -0.39 is 0 Å². The number of hydrogen-bond donors (Lipinski definition) is 1. The van der Waals surface area contributed by atoms with Crippen molar-refractivity contribution in [2.75, 3.05) is 12.4 Å². The van der Waals surface area contributed by atoms with Crippen LogP contribution in [0.5, 0.6) is 5.75 Å². The van der Waals surface area contributed by atoms with E-state index in [1.54, 1.807) is 13.2 Å². The lowest BCUT2D eigenvalue weighted by molar-refractivity contribution is 0.415. The van der Waals surface area contributed by atoms with Gasteiger partial charge >= 0.3 is 0 Å². The molecule has 6 heteroatoms. The van der Waals surface area contributed by atoms with Crippen LogP contribution >= 0.6 is 15.9 Å². The zero-order valence-electron chi connectivity index (χ0n) is 9.51. The number of nitrogens with zero attached hydrogens (tertiary/aromatic N) is 3. The average Bonchev–Trinajstić information content (AvgIpc) is 2.41. The molecule has 0 saturated heterocycles. The van der Waals surface area contributed by atoms with Gasteiger partial charge in [0, 0.05) is 16.7 Å². The Balaban J connectivity index is 2.30. The van der Waals surface area contributed by atoms with E-state index in [1.807, 2.05) is 24.3 Å². The minimum Gasteiger partial charge on any atom is -0.497 e. The van der Waals surface area contributed by atoms with E-state index in [1.165, 1.54) is 6.20 Å². The van der Waals surface area contributed by atoms with Crippen molar-refractivity contribution in [3.63, 3.8) is 0 Å². The Hall–Kier alpha value is -2.13. The van der Waals surface area contributed by atoms with Crippen LogP contribution in [0.1, 0.15) is 5.69 Å². The van der Waals surface area contributed by atoms with Gasteiger partial charge < -0.3 is 10.1 Å². The molecule has 0 bridgehead atoms. The van der Waals surface area contributed by atoms with Gasteiger partial charge in [-0.05, 0) is 34.1 Å². The number of halogens is 1. The third-order valence-corrected chi connectivity index (χ3v) is 2.88. The van der Waals surface area contributed by atoms with Crippen molar-refractivity contribution >= 4 is 27.6 Å². The zero-order valence-corrected chi connectivity index (χ0v) is 11.1. The Morgan fingerprint density at radius 3 is 2.94 bits per heavy atom. The summed E-state index contributed by atoms with van der Waals surface area (Å²) in [5.74, 6) is 1.08. The first-order valence-electron chi connectivity index (χ1n) is 5.06. The maximum Gasteiger partial charge on any atom is 0.228 e. The highest BCUT2D eigenvalue weighted by Crippen LogP contribution is 2.28. The summed E-state index contributed by atoms with van der Waals surface area (Å²) in [7, 11) is 1.60. The number of aromatic nitrogens is 2. The largest absolute Gasteiger partial charge is 0.497 e. The van der Waals surface area contributed by atoms with Crippen LogP contribution in [-0.2, 0) is 0 Å². The van der Waals surface area contributed by atoms with Crippen molar-refractivity contribution in [3.8, 4) is 11.8 Å². The molecule has 2 rings (SSSR count). The summed E-state index contributed by atoms with van der Waals surface area (Å²) in [4.78, 5) is 8.08. The van der Waals surface area contributed by atoms with E-state index in [-0.39, 0.29) is 0 Å². The molecule has 0 amide bonds. The van der Waals surface area contributed by atoms with E-state index in [0.717, 1.165) is 15.9 Å². The van der Waals surface area contributed by atoms with Gasteiger partial charge in [0.1, 0.15) is 17.5 Å². The summed E-state index contributed by atoms with van der Waals surface area (Å²) in [6.07, 6.45) is 1.53. The fourth-order valence-electron chi connectivity index (χ4n) is 1.33. The van der Waals surface area contributed by atoms with Crippen molar-refractivity contribution in [2.45, 2.75) is 0 Å². The molecule has 0 radical (unpaired) electrons. The van der Waals surface area contributed by atoms with Gasteiger partial charge in [0.05, 0.1) is 12.8 Å². The minimum absolute atomic E-state index is 0.312. The van der Waals surface area contributed by atoms with Gasteiger partial charge in [-0.25, -0.2) is 9.97 Å². The number of benzene rings is 1. The molecule has 0 fully saturated rings. The standard InChI is InChI=1S/C12H9BrN4O/c1-18-9-2-3-10(13)11(6-9)17-12-15-5-4-8(7-14)16-12/h2-6H,1H3,(H,15,16,17). The predicted molar refractivity (Wildman–Crippen MR) is 70.7 cm³/mol. The van der Waals surface area contributed by atoms with Crippen molar-refractivity contribution < 1.29 is 4.74 Å². The highest BCUT2D eigenvalue weighted by Gasteiger charge is 2.05. The molecule has 0 saturated carbocycles. The van der Waals surface area contributed by atoms with E-state index in [4.69, 9.17) is 10.00 Å². The number of nitrogens with one attached hydrogen (secondary N) is 1. The summed E-state index contributed by atoms with van der Waals surface area (Å²) in [6.45, 7) is 0. The van der Waals surface area contributed by atoms with Crippen molar-refractivity contribution in [1.82, 2.24) is 9.97 Å². The van der Waals surface area contributed by atoms with Gasteiger partial charge in [0.15, 0.2) is 0 Å². The molecular weight excluding hydrogens is 296 g/mol. The quantitative estimate of drug-likeness (QED) is 0.944. The first-order valence-corrected chi connectivity index (χ1v) is 5.86. The lowest BCUT2D eigenvalue weighted by Gasteiger charge is -2.08. The molecule has 0 unspecified atom stereocenters. The Kier molecular flexibility index (Phi) is 3.75. The number of nitriles is 1. The second-order valence-electron chi connectivity index (χ2n) is 3.35. The second-order valence-corrected chi connectivity index (χ2v) is 4.20. The molecule has 1 heterocycles. The second kappa shape index (κ2) is 5.47. The first kappa shape index (κ1) is 12.3. The maximum absolute atomic E-state index is 8.77. The molecule has 2 aromatic rings. The summed E-state index contributed by atoms with van der Waals surface area (Å²) < 4.78 is 5.99. The maximum atomic E-state index is 8.77. The van der Waals surface area contributed by atoms with Crippen molar-refractivity contribution in [3.05, 3.63) is 40.6 Å². The van der Waals surface area contributed by atoms with E-state index in [2.05, 4.69) is 31.2 Å². The van der Waals surface area contributed by atoms with Gasteiger partial charge in [0.25, 0.3) is 0 Å². The topological polar surface area (TPSA) is 70.8 Å². The first-order chi connectivity index (χ1) is 8.72. The Labute approximate surface area is 113 Å². The molecule has 1 aromatic heterocycles. The molecule has 90 valence electrons. The molecule has 0 aliphatic heterocycles. The fourth-order valence-corrected chi connectivity index (χ4v) is 1.67. The highest BCUT2D eigenvalue weighted by molar-refractivity contribution is 9.10. The molecule has 0 spiro atoms. The monoisotopic (exact) mass is 304 g/mol. The summed E-state index contributed by atoms with van der Waals surface area (Å²) in [6, 6.07) is 9.01. The highest BCUT2D eigenvalue weighted by atomic mass is 79.9. The summed E-state index contributed by atoms with van der Waals surface area (Å²) >= 11 is 3.41. The van der Waals surface area contributed by atoms with Crippen molar-refractivity contribution in [1.29, 1.82) is 5.26 Å². The van der Waals surface area contributed by atoms with Crippen LogP contribution in [0.15, 0.2) is 34.9 Å². The normalized spacial score (nSPS) is 9.61. The number of hydrogen-bond acceptors (Lipinski definition) is 5. The van der Waals surface area contributed by atoms with E-state index in [9.17, 15) is 0 Å². The Bertz CT molecular complexity index is 609. The van der Waals surface area contributed by atoms with E-state index >= 15 is 0 Å². The van der Waals surface area contributed by atoms with Crippen LogP contribution in [-0.4, -0.2) is 17.1 Å². The molecule has 1 N–H and O–H groups in total. The van der Waals surface area contributed by atoms with Gasteiger partial charge in [-0.1, -0.05) is 0 Å². The van der Waals surface area contributed by atoms with Crippen LogP contribution in [0, 0.1) is 11.3 Å². The third kappa shape index (κ3) is 2.76. The fraction of sp³-hybridized carbons (Fsp3) is 0.0833. The third-order valence-electron chi connectivity index (χ3n) is 2.19. The molecule has 1 aromatic carbocycles. The number of ether oxygens (including phenoxy) is 1. The van der Waals surface area contributed by atoms with Gasteiger partial charge in [-0.15, -0.1) is 0 Å². The molecule has 0 atom stereocenters. The lowest BCUT2D eigenvalue weighted by Crippen LogP contribution is -1.99. The summed E-state index contributed by atoms with van der Waals surface area (Å²) in [5, 5.41) is 11.8. The van der Waals surface area contributed by atoms with E-state index in [0.29, 0.717) is 11.6 Å². The number of rotatable bonds is 3. The Morgan fingerprint density at radius 2 is 2.22 bits per heavy atom. The number of methoxy groups -OCH3 is 1. The molecule has 0 aliphatic rings. The molecule has 18 heavy (non-hydrogen) atoms. The zero-order chi connectivity index (χ0) is 13.0. The lowest BCUT2D eigenvalue weighted by atomic mass is 10.3. The molecule has 0 aliphatic carbocycles. The van der Waals surface area contributed by atoms with Gasteiger partial charge in [-0.3, -0.25) is 0 Å². The number of anilines is 2. The smallest absolute Gasteiger partial charge is 0.228 e. The average molecular weight is 305 g/mol. The van der Waals surface area contributed by atoms with Crippen LogP contribution in [0.3, 0.4) is 0 Å². The Morgan fingerprint density at radius 1 is 1.39 bits per heavy atom. The van der Waals surface area contributed by atoms with Crippen LogP contribution in [0.2, 0.25) is 0 Å². The van der Waals surface area contributed by atoms with Gasteiger partial charge in [0.2, 0.25) is 5.95 Å². The SMILES string of the molecule is COc1ccc(Br)c(Nc2nccc(C#N)n2)c1. The molecular formula is C12H9BrN4O. The van der Waals surface area contributed by atoms with Crippen molar-refractivity contribution in [2.24, 2.45) is 0 Å². The van der Waals surface area contributed by atoms with Crippen LogP contribution < -0.4 is 10.1 Å². The van der Waals surface area contributed by atoms with Gasteiger partial charge in [-0.2, -0.15) is 5.26 Å². The minimum atomic E-state index is 0.312. The van der Waals surface area contributed by atoms with Crippen LogP contribution in [0.25, 0.3) is 0 Å². The predicted octanol–water partition coefficient (Wildman–Crippen LogP) is 2.86. The summed E-state index contributed by atoms with van der Waals surface area (Å²) in [5.41, 5.74) is 1.08.